The number of phenols is 1. The van der Waals surface area contributed by atoms with E-state index in [0.717, 1.165) is 0 Å². The van der Waals surface area contributed by atoms with Crippen LogP contribution in [0.2, 0.25) is 0 Å². The fourth-order valence-corrected chi connectivity index (χ4v) is 1.61. The number of methoxy groups -OCH3 is 1. The maximum Gasteiger partial charge on any atom is 0.307 e. The molecule has 1 aromatic rings. The van der Waals surface area contributed by atoms with Crippen molar-refractivity contribution >= 4 is 21.9 Å². The van der Waals surface area contributed by atoms with Crippen molar-refractivity contribution in [2.45, 2.75) is 6.42 Å². The third-order valence-electron chi connectivity index (χ3n) is 1.77. The molecule has 0 aliphatic heterocycles. The van der Waals surface area contributed by atoms with Gasteiger partial charge in [-0.2, -0.15) is 4.39 Å². The summed E-state index contributed by atoms with van der Waals surface area (Å²) in [5, 5.41) is 17.8. The molecule has 0 heterocycles. The zero-order chi connectivity index (χ0) is 11.6. The zero-order valence-electron chi connectivity index (χ0n) is 7.75. The number of carboxylic acid groups (broad SMARTS) is 1. The summed E-state index contributed by atoms with van der Waals surface area (Å²) >= 11 is 2.91. The van der Waals surface area contributed by atoms with Crippen molar-refractivity contribution in [3.63, 3.8) is 0 Å². The predicted molar refractivity (Wildman–Crippen MR) is 53.7 cm³/mol. The third kappa shape index (κ3) is 2.38. The van der Waals surface area contributed by atoms with E-state index in [1.54, 1.807) is 0 Å². The van der Waals surface area contributed by atoms with Crippen LogP contribution in [-0.2, 0) is 11.2 Å². The molecule has 0 radical (unpaired) electrons. The summed E-state index contributed by atoms with van der Waals surface area (Å²) in [6.45, 7) is 0. The fourth-order valence-electron chi connectivity index (χ4n) is 1.16. The minimum atomic E-state index is -1.11. The van der Waals surface area contributed by atoms with Crippen LogP contribution in [0.1, 0.15) is 5.56 Å². The summed E-state index contributed by atoms with van der Waals surface area (Å²) in [5.41, 5.74) is 0.159. The van der Waals surface area contributed by atoms with Crippen molar-refractivity contribution in [2.24, 2.45) is 0 Å². The minimum Gasteiger partial charge on any atom is -0.504 e. The molecular weight excluding hydrogens is 271 g/mol. The lowest BCUT2D eigenvalue weighted by Crippen LogP contribution is -2.04. The van der Waals surface area contributed by atoms with Gasteiger partial charge in [0.05, 0.1) is 18.0 Å². The molecule has 0 aliphatic rings. The Balaban J connectivity index is 3.31. The van der Waals surface area contributed by atoms with Crippen molar-refractivity contribution < 1.29 is 24.1 Å². The second-order valence-electron chi connectivity index (χ2n) is 2.78. The zero-order valence-corrected chi connectivity index (χ0v) is 9.34. The van der Waals surface area contributed by atoms with Crippen LogP contribution < -0.4 is 4.74 Å². The van der Waals surface area contributed by atoms with Crippen molar-refractivity contribution in [3.05, 3.63) is 21.9 Å². The number of hydrogen-bond donors (Lipinski definition) is 2. The summed E-state index contributed by atoms with van der Waals surface area (Å²) in [7, 11) is 1.21. The van der Waals surface area contributed by atoms with E-state index in [9.17, 15) is 14.3 Å². The van der Waals surface area contributed by atoms with Gasteiger partial charge in [0.25, 0.3) is 0 Å². The van der Waals surface area contributed by atoms with E-state index >= 15 is 0 Å². The first-order valence-electron chi connectivity index (χ1n) is 3.93. The van der Waals surface area contributed by atoms with Gasteiger partial charge in [-0.25, -0.2) is 0 Å². The molecule has 82 valence electrons. The highest BCUT2D eigenvalue weighted by atomic mass is 79.9. The summed E-state index contributed by atoms with van der Waals surface area (Å²) in [4.78, 5) is 10.5. The van der Waals surface area contributed by atoms with Gasteiger partial charge in [-0.15, -0.1) is 0 Å². The Bertz CT molecular complexity index is 406. The van der Waals surface area contributed by atoms with E-state index in [1.807, 2.05) is 0 Å². The average molecular weight is 279 g/mol. The smallest absolute Gasteiger partial charge is 0.307 e. The number of phenolic OH excluding ortho intramolecular Hbond substituents is 1. The Kier molecular flexibility index (Phi) is 3.52. The molecule has 0 spiro atoms. The van der Waals surface area contributed by atoms with Crippen LogP contribution in [0.25, 0.3) is 0 Å². The Labute approximate surface area is 93.4 Å². The van der Waals surface area contributed by atoms with Crippen molar-refractivity contribution in [1.29, 1.82) is 0 Å². The largest absolute Gasteiger partial charge is 0.504 e. The van der Waals surface area contributed by atoms with Crippen LogP contribution in [0.15, 0.2) is 10.5 Å². The molecule has 1 aromatic carbocycles. The van der Waals surface area contributed by atoms with Crippen LogP contribution in [0.5, 0.6) is 11.5 Å². The number of halogens is 2. The molecular formula is C9H8BrFO4. The molecule has 0 fully saturated rings. The molecule has 0 saturated heterocycles. The Morgan fingerprint density at radius 2 is 2.27 bits per heavy atom. The molecule has 0 amide bonds. The molecule has 0 bridgehead atoms. The number of hydrogen-bond acceptors (Lipinski definition) is 3. The number of aliphatic carboxylic acids is 1. The van der Waals surface area contributed by atoms with Crippen LogP contribution in [-0.4, -0.2) is 23.3 Å². The molecule has 15 heavy (non-hydrogen) atoms. The second-order valence-corrected chi connectivity index (χ2v) is 3.64. The van der Waals surface area contributed by atoms with Gasteiger partial charge in [0.2, 0.25) is 5.82 Å². The van der Waals surface area contributed by atoms with E-state index in [2.05, 4.69) is 15.9 Å². The highest BCUT2D eigenvalue weighted by molar-refractivity contribution is 9.10. The summed E-state index contributed by atoms with van der Waals surface area (Å²) in [6.07, 6.45) is -0.376. The number of rotatable bonds is 3. The monoisotopic (exact) mass is 278 g/mol. The fraction of sp³-hybridized carbons (Fsp3) is 0.222. The number of carbonyl (C=O) groups is 1. The van der Waals surface area contributed by atoms with Gasteiger partial charge < -0.3 is 14.9 Å². The lowest BCUT2D eigenvalue weighted by molar-refractivity contribution is -0.136. The molecule has 1 rings (SSSR count). The van der Waals surface area contributed by atoms with Crippen LogP contribution in [0.4, 0.5) is 4.39 Å². The van der Waals surface area contributed by atoms with Gasteiger partial charge in [0.15, 0.2) is 11.5 Å². The molecule has 6 heteroatoms. The molecule has 2 N–H and O–H groups in total. The number of carboxylic acids is 1. The van der Waals surface area contributed by atoms with Gasteiger partial charge in [0.1, 0.15) is 0 Å². The maximum absolute atomic E-state index is 13.4. The Morgan fingerprint density at radius 1 is 1.67 bits per heavy atom. The molecule has 0 aliphatic carbocycles. The van der Waals surface area contributed by atoms with Gasteiger partial charge in [-0.3, -0.25) is 4.79 Å². The van der Waals surface area contributed by atoms with Crippen molar-refractivity contribution in [1.82, 2.24) is 0 Å². The minimum absolute atomic E-state index is 0.0945. The van der Waals surface area contributed by atoms with Gasteiger partial charge >= 0.3 is 5.97 Å². The van der Waals surface area contributed by atoms with Crippen LogP contribution in [0, 0.1) is 5.82 Å². The van der Waals surface area contributed by atoms with Gasteiger partial charge in [-0.1, -0.05) is 0 Å². The standard InChI is InChI=1S/C9H8BrFO4/c1-15-9-4(3-6(12)13)2-5(10)8(14)7(9)11/h2,14H,3H2,1H3,(H,12,13). The topological polar surface area (TPSA) is 66.8 Å². The quantitative estimate of drug-likeness (QED) is 0.887. The first-order chi connectivity index (χ1) is 6.97. The first-order valence-corrected chi connectivity index (χ1v) is 4.72. The van der Waals surface area contributed by atoms with E-state index in [-0.39, 0.29) is 22.2 Å². The van der Waals surface area contributed by atoms with Gasteiger partial charge in [0, 0.05) is 5.56 Å². The SMILES string of the molecule is COc1c(CC(=O)O)cc(Br)c(O)c1F. The van der Waals surface area contributed by atoms with Gasteiger partial charge in [-0.05, 0) is 22.0 Å². The maximum atomic E-state index is 13.4. The predicted octanol–water partition coefficient (Wildman–Crippen LogP) is 1.93. The summed E-state index contributed by atoms with van der Waals surface area (Å²) < 4.78 is 18.2. The van der Waals surface area contributed by atoms with Crippen LogP contribution in [0.3, 0.4) is 0 Å². The Hall–Kier alpha value is -1.30. The first kappa shape index (κ1) is 11.8. The lowest BCUT2D eigenvalue weighted by Gasteiger charge is -2.10. The average Bonchev–Trinajstić information content (AvgIpc) is 2.14. The molecule has 0 saturated carbocycles. The Morgan fingerprint density at radius 3 is 2.73 bits per heavy atom. The molecule has 4 nitrogen and oxygen atoms in total. The highest BCUT2D eigenvalue weighted by Crippen LogP contribution is 2.36. The number of ether oxygens (including phenoxy) is 1. The van der Waals surface area contributed by atoms with Crippen LogP contribution >= 0.6 is 15.9 Å². The molecule has 0 aromatic heterocycles. The summed E-state index contributed by atoms with van der Waals surface area (Å²) in [5.74, 6) is -2.92. The third-order valence-corrected chi connectivity index (χ3v) is 2.38. The van der Waals surface area contributed by atoms with Crippen molar-refractivity contribution in [2.75, 3.05) is 7.11 Å². The second kappa shape index (κ2) is 4.48. The summed E-state index contributed by atoms with van der Waals surface area (Å²) in [6, 6.07) is 1.31. The van der Waals surface area contributed by atoms with E-state index in [0.29, 0.717) is 0 Å². The van der Waals surface area contributed by atoms with E-state index in [1.165, 1.54) is 13.2 Å². The van der Waals surface area contributed by atoms with E-state index < -0.39 is 17.5 Å². The number of aromatic hydroxyl groups is 1. The number of benzene rings is 1. The lowest BCUT2D eigenvalue weighted by atomic mass is 10.1. The normalized spacial score (nSPS) is 10.1. The molecule has 0 unspecified atom stereocenters. The highest BCUT2D eigenvalue weighted by Gasteiger charge is 2.18. The molecule has 0 atom stereocenters. The van der Waals surface area contributed by atoms with Crippen molar-refractivity contribution in [3.8, 4) is 11.5 Å². The van der Waals surface area contributed by atoms with E-state index in [4.69, 9.17) is 9.84 Å².